The van der Waals surface area contributed by atoms with Crippen LogP contribution in [0.25, 0.3) is 0 Å². The third-order valence-corrected chi connectivity index (χ3v) is 3.03. The van der Waals surface area contributed by atoms with Crippen LogP contribution in [0.15, 0.2) is 30.4 Å². The molecule has 0 amide bonds. The van der Waals surface area contributed by atoms with E-state index < -0.39 is 0 Å². The summed E-state index contributed by atoms with van der Waals surface area (Å²) in [5.41, 5.74) is 8.10. The minimum Gasteiger partial charge on any atom is -0.271 e. The van der Waals surface area contributed by atoms with Gasteiger partial charge in [0, 0.05) is 6.04 Å². The molecule has 0 saturated heterocycles. The van der Waals surface area contributed by atoms with Crippen molar-refractivity contribution in [2.24, 2.45) is 5.84 Å². The molecule has 1 unspecified atom stereocenters. The van der Waals surface area contributed by atoms with E-state index in [1.54, 1.807) is 0 Å². The molecule has 0 aliphatic heterocycles. The van der Waals surface area contributed by atoms with Crippen LogP contribution >= 0.6 is 0 Å². The fraction of sp³-hybridized carbons (Fsp3) is 0.467. The van der Waals surface area contributed by atoms with Crippen LogP contribution in [-0.2, 0) is 6.42 Å². The van der Waals surface area contributed by atoms with Crippen LogP contribution in [0.4, 0.5) is 0 Å². The molecule has 1 aromatic rings. The van der Waals surface area contributed by atoms with Crippen LogP contribution in [0, 0.1) is 13.8 Å². The summed E-state index contributed by atoms with van der Waals surface area (Å²) in [6.07, 6.45) is 2.92. The van der Waals surface area contributed by atoms with Gasteiger partial charge < -0.3 is 0 Å². The average molecular weight is 232 g/mol. The van der Waals surface area contributed by atoms with Crippen LogP contribution < -0.4 is 11.3 Å². The number of rotatable bonds is 6. The molecule has 0 radical (unpaired) electrons. The van der Waals surface area contributed by atoms with E-state index >= 15 is 0 Å². The summed E-state index contributed by atoms with van der Waals surface area (Å²) in [5, 5.41) is 0. The Morgan fingerprint density at radius 3 is 2.35 bits per heavy atom. The molecule has 3 N–H and O–H groups in total. The normalized spacial score (nSPS) is 12.5. The molecule has 0 bridgehead atoms. The Kier molecular flexibility index (Phi) is 5.39. The van der Waals surface area contributed by atoms with Crippen molar-refractivity contribution in [3.8, 4) is 0 Å². The molecule has 2 nitrogen and oxygen atoms in total. The van der Waals surface area contributed by atoms with Gasteiger partial charge in [-0.05, 0) is 38.7 Å². The molecule has 0 heterocycles. The second-order valence-electron chi connectivity index (χ2n) is 4.87. The van der Waals surface area contributed by atoms with Crippen molar-refractivity contribution in [1.29, 1.82) is 0 Å². The summed E-state index contributed by atoms with van der Waals surface area (Å²) >= 11 is 0. The van der Waals surface area contributed by atoms with Crippen molar-refractivity contribution < 1.29 is 0 Å². The summed E-state index contributed by atoms with van der Waals surface area (Å²) in [6, 6.07) is 6.93. The quantitative estimate of drug-likeness (QED) is 0.449. The second-order valence-corrected chi connectivity index (χ2v) is 4.87. The van der Waals surface area contributed by atoms with E-state index in [0.717, 1.165) is 19.3 Å². The van der Waals surface area contributed by atoms with E-state index in [4.69, 9.17) is 5.84 Å². The Morgan fingerprint density at radius 1 is 1.29 bits per heavy atom. The molecule has 94 valence electrons. The van der Waals surface area contributed by atoms with Gasteiger partial charge in [0.05, 0.1) is 0 Å². The highest BCUT2D eigenvalue weighted by atomic mass is 15.2. The minimum atomic E-state index is 0.281. The number of benzene rings is 1. The van der Waals surface area contributed by atoms with Crippen LogP contribution in [0.3, 0.4) is 0 Å². The lowest BCUT2D eigenvalue weighted by Gasteiger charge is -2.17. The van der Waals surface area contributed by atoms with E-state index in [0.29, 0.717) is 0 Å². The number of hydrogen-bond donors (Lipinski definition) is 2. The maximum absolute atomic E-state index is 5.61. The topological polar surface area (TPSA) is 38.0 Å². The zero-order valence-corrected chi connectivity index (χ0v) is 11.2. The summed E-state index contributed by atoms with van der Waals surface area (Å²) in [7, 11) is 0. The average Bonchev–Trinajstić information content (AvgIpc) is 2.26. The zero-order chi connectivity index (χ0) is 12.8. The molecule has 0 aliphatic rings. The van der Waals surface area contributed by atoms with Crippen LogP contribution in [0.5, 0.6) is 0 Å². The molecule has 0 aliphatic carbocycles. The Morgan fingerprint density at radius 2 is 1.88 bits per heavy atom. The summed E-state index contributed by atoms with van der Waals surface area (Å²) in [4.78, 5) is 0. The molecule has 1 atom stereocenters. The predicted octanol–water partition coefficient (Wildman–Crippen LogP) is 3.03. The first kappa shape index (κ1) is 13.9. The number of hydrogen-bond acceptors (Lipinski definition) is 2. The van der Waals surface area contributed by atoms with Gasteiger partial charge in [0.1, 0.15) is 0 Å². The summed E-state index contributed by atoms with van der Waals surface area (Å²) < 4.78 is 0. The number of nitrogens with two attached hydrogens (primary N) is 1. The van der Waals surface area contributed by atoms with Crippen LogP contribution in [0.1, 0.15) is 36.5 Å². The standard InChI is InChI=1S/C15H24N2/c1-5-11(2)9-15(17-16)10-14-7-12(3)6-13(4)8-14/h6-8,15,17H,2,5,9-10,16H2,1,3-4H3. The lowest BCUT2D eigenvalue weighted by atomic mass is 9.97. The molecule has 0 fully saturated rings. The minimum absolute atomic E-state index is 0.281. The van der Waals surface area contributed by atoms with Gasteiger partial charge in [-0.25, -0.2) is 0 Å². The fourth-order valence-corrected chi connectivity index (χ4v) is 2.15. The molecule has 17 heavy (non-hydrogen) atoms. The van der Waals surface area contributed by atoms with Gasteiger partial charge in [-0.1, -0.05) is 48.4 Å². The Balaban J connectivity index is 2.70. The van der Waals surface area contributed by atoms with Crippen LogP contribution in [-0.4, -0.2) is 6.04 Å². The highest BCUT2D eigenvalue weighted by Gasteiger charge is 2.09. The lowest BCUT2D eigenvalue weighted by Crippen LogP contribution is -2.37. The first-order valence-electron chi connectivity index (χ1n) is 6.25. The van der Waals surface area contributed by atoms with Gasteiger partial charge in [-0.3, -0.25) is 11.3 Å². The smallest absolute Gasteiger partial charge is 0.0287 e. The zero-order valence-electron chi connectivity index (χ0n) is 11.2. The third-order valence-electron chi connectivity index (χ3n) is 3.03. The number of hydrazine groups is 1. The maximum Gasteiger partial charge on any atom is 0.0287 e. The van der Waals surface area contributed by atoms with E-state index in [2.05, 4.69) is 51.0 Å². The molecular formula is C15H24N2. The number of nitrogens with one attached hydrogen (secondary N) is 1. The monoisotopic (exact) mass is 232 g/mol. The Hall–Kier alpha value is -1.12. The maximum atomic E-state index is 5.61. The summed E-state index contributed by atoms with van der Waals surface area (Å²) in [6.45, 7) is 10.4. The van der Waals surface area contributed by atoms with E-state index in [9.17, 15) is 0 Å². The van der Waals surface area contributed by atoms with E-state index in [1.807, 2.05) is 0 Å². The highest BCUT2D eigenvalue weighted by molar-refractivity contribution is 5.29. The Bertz CT molecular complexity index is 362. The van der Waals surface area contributed by atoms with E-state index in [1.165, 1.54) is 22.3 Å². The molecule has 1 aromatic carbocycles. The van der Waals surface area contributed by atoms with Crippen molar-refractivity contribution in [3.63, 3.8) is 0 Å². The largest absolute Gasteiger partial charge is 0.271 e. The van der Waals surface area contributed by atoms with E-state index in [-0.39, 0.29) is 6.04 Å². The predicted molar refractivity (Wildman–Crippen MR) is 74.8 cm³/mol. The molecule has 1 rings (SSSR count). The first-order chi connectivity index (χ1) is 8.05. The molecule has 0 saturated carbocycles. The molecule has 0 aromatic heterocycles. The molecular weight excluding hydrogens is 208 g/mol. The van der Waals surface area contributed by atoms with Gasteiger partial charge in [0.15, 0.2) is 0 Å². The molecule has 2 heteroatoms. The van der Waals surface area contributed by atoms with Crippen molar-refractivity contribution in [2.45, 2.75) is 46.1 Å². The molecule has 0 spiro atoms. The van der Waals surface area contributed by atoms with Gasteiger partial charge in [-0.2, -0.15) is 0 Å². The van der Waals surface area contributed by atoms with Gasteiger partial charge in [0.25, 0.3) is 0 Å². The van der Waals surface area contributed by atoms with Crippen molar-refractivity contribution in [3.05, 3.63) is 47.0 Å². The van der Waals surface area contributed by atoms with Crippen LogP contribution in [0.2, 0.25) is 0 Å². The first-order valence-corrected chi connectivity index (χ1v) is 6.25. The second kappa shape index (κ2) is 6.58. The van der Waals surface area contributed by atoms with Gasteiger partial charge in [-0.15, -0.1) is 0 Å². The fourth-order valence-electron chi connectivity index (χ4n) is 2.15. The summed E-state index contributed by atoms with van der Waals surface area (Å²) in [5.74, 6) is 5.61. The highest BCUT2D eigenvalue weighted by Crippen LogP contribution is 2.14. The van der Waals surface area contributed by atoms with Crippen molar-refractivity contribution in [2.75, 3.05) is 0 Å². The number of aryl methyl sites for hydroxylation is 2. The Labute approximate surface area is 105 Å². The van der Waals surface area contributed by atoms with Crippen molar-refractivity contribution >= 4 is 0 Å². The van der Waals surface area contributed by atoms with Gasteiger partial charge >= 0.3 is 0 Å². The van der Waals surface area contributed by atoms with Gasteiger partial charge in [0.2, 0.25) is 0 Å². The van der Waals surface area contributed by atoms with Crippen molar-refractivity contribution in [1.82, 2.24) is 5.43 Å². The SMILES string of the molecule is C=C(CC)CC(Cc1cc(C)cc(C)c1)NN. The third kappa shape index (κ3) is 4.72. The lowest BCUT2D eigenvalue weighted by molar-refractivity contribution is 0.516.